The van der Waals surface area contributed by atoms with Gasteiger partial charge in [0.1, 0.15) is 0 Å². The van der Waals surface area contributed by atoms with Crippen LogP contribution in [0.4, 0.5) is 22.7 Å². The molecule has 0 saturated heterocycles. The molecule has 30 heavy (non-hydrogen) atoms. The van der Waals surface area contributed by atoms with E-state index in [1.807, 2.05) is 31.0 Å². The second kappa shape index (κ2) is 11.0. The molecule has 0 bridgehead atoms. The molecule has 2 aromatic carbocycles. The molecule has 0 fully saturated rings. The topological polar surface area (TPSA) is 101 Å². The van der Waals surface area contributed by atoms with Gasteiger partial charge in [-0.1, -0.05) is 0 Å². The summed E-state index contributed by atoms with van der Waals surface area (Å²) in [7, 11) is 5.24. The number of hydrogen-bond acceptors (Lipinski definition) is 7. The van der Waals surface area contributed by atoms with Crippen LogP contribution in [0.1, 0.15) is 29.3 Å². The zero-order chi connectivity index (χ0) is 22.1. The van der Waals surface area contributed by atoms with Gasteiger partial charge in [-0.25, -0.2) is 0 Å². The van der Waals surface area contributed by atoms with Crippen LogP contribution in [-0.2, 0) is 4.74 Å². The lowest BCUT2D eigenvalue weighted by Crippen LogP contribution is -2.23. The van der Waals surface area contributed by atoms with E-state index in [-0.39, 0.29) is 5.91 Å². The number of amides is 1. The Balaban J connectivity index is 2.34. The lowest BCUT2D eigenvalue weighted by atomic mass is 10.1. The summed E-state index contributed by atoms with van der Waals surface area (Å²) in [6.45, 7) is 4.03. The summed E-state index contributed by atoms with van der Waals surface area (Å²) in [5.41, 5.74) is 3.56. The Morgan fingerprint density at radius 2 is 1.83 bits per heavy atom. The van der Waals surface area contributed by atoms with Crippen molar-refractivity contribution in [2.45, 2.75) is 13.3 Å². The number of carbonyl (C=O) groups excluding carboxylic acids is 1. The number of carbonyl (C=O) groups is 1. The first kappa shape index (κ1) is 23.0. The number of benzene rings is 2. The van der Waals surface area contributed by atoms with E-state index in [0.717, 1.165) is 29.4 Å². The van der Waals surface area contributed by atoms with E-state index in [1.54, 1.807) is 37.4 Å². The Kier molecular flexibility index (Phi) is 8.47. The van der Waals surface area contributed by atoms with Gasteiger partial charge in [0.15, 0.2) is 0 Å². The average molecular weight is 412 g/mol. The third kappa shape index (κ3) is 5.86. The van der Waals surface area contributed by atoms with Gasteiger partial charge in [0.2, 0.25) is 0 Å². The lowest BCUT2D eigenvalue weighted by Gasteiger charge is -2.26. The third-order valence-electron chi connectivity index (χ3n) is 4.65. The summed E-state index contributed by atoms with van der Waals surface area (Å²) in [6, 6.07) is 12.1. The van der Waals surface area contributed by atoms with Crippen molar-refractivity contribution in [2.24, 2.45) is 0 Å². The Bertz CT molecular complexity index is 891. The molecule has 2 rings (SSSR count). The van der Waals surface area contributed by atoms with Crippen molar-refractivity contribution in [3.63, 3.8) is 0 Å². The lowest BCUT2D eigenvalue weighted by molar-refractivity contribution is 0.102. The summed E-state index contributed by atoms with van der Waals surface area (Å²) < 4.78 is 5.42. The highest BCUT2D eigenvalue weighted by molar-refractivity contribution is 6.07. The maximum absolute atomic E-state index is 12.8. The number of hydrogen-bond donors (Lipinski definition) is 3. The highest BCUT2D eigenvalue weighted by Crippen LogP contribution is 2.36. The van der Waals surface area contributed by atoms with E-state index in [0.29, 0.717) is 35.7 Å². The minimum Gasteiger partial charge on any atom is -0.386 e. The zero-order valence-corrected chi connectivity index (χ0v) is 17.9. The SMILES string of the molecule is CCOCCCN(C)c1cc(NC)c(N(C)O)cc1NC(=O)c1ccc(C#N)cc1. The summed E-state index contributed by atoms with van der Waals surface area (Å²) in [5, 5.41) is 26.0. The van der Waals surface area contributed by atoms with Gasteiger partial charge >= 0.3 is 0 Å². The zero-order valence-electron chi connectivity index (χ0n) is 17.9. The van der Waals surface area contributed by atoms with Crippen molar-refractivity contribution in [3.8, 4) is 6.07 Å². The van der Waals surface area contributed by atoms with Gasteiger partial charge in [-0.05, 0) is 49.7 Å². The average Bonchev–Trinajstić information content (AvgIpc) is 2.76. The molecule has 3 N–H and O–H groups in total. The van der Waals surface area contributed by atoms with E-state index >= 15 is 0 Å². The summed E-state index contributed by atoms with van der Waals surface area (Å²) in [6.07, 6.45) is 0.837. The van der Waals surface area contributed by atoms with Crippen LogP contribution in [0.2, 0.25) is 0 Å². The van der Waals surface area contributed by atoms with E-state index in [9.17, 15) is 10.0 Å². The maximum atomic E-state index is 12.8. The van der Waals surface area contributed by atoms with Gasteiger partial charge in [-0.2, -0.15) is 5.26 Å². The minimum absolute atomic E-state index is 0.299. The summed E-state index contributed by atoms with van der Waals surface area (Å²) in [4.78, 5) is 14.8. The Labute approximate surface area is 177 Å². The molecule has 0 aliphatic carbocycles. The fraction of sp³-hybridized carbons (Fsp3) is 0.364. The molecule has 0 heterocycles. The van der Waals surface area contributed by atoms with E-state index in [4.69, 9.17) is 10.00 Å². The van der Waals surface area contributed by atoms with Gasteiger partial charge in [-0.15, -0.1) is 0 Å². The standard InChI is InChI=1S/C22H29N5O3/c1-5-30-12-6-11-26(3)20-13-18(24-2)21(27(4)29)14-19(20)25-22(28)17-9-7-16(15-23)8-10-17/h7-10,13-14,24,29H,5-6,11-12H2,1-4H3,(H,25,28). The highest BCUT2D eigenvalue weighted by atomic mass is 16.5. The molecule has 0 unspecified atom stereocenters. The van der Waals surface area contributed by atoms with Crippen LogP contribution in [-0.4, -0.2) is 52.0 Å². The molecule has 0 aliphatic heterocycles. The van der Waals surface area contributed by atoms with Crippen molar-refractivity contribution in [2.75, 3.05) is 61.5 Å². The van der Waals surface area contributed by atoms with Crippen LogP contribution in [0.3, 0.4) is 0 Å². The number of rotatable bonds is 10. The van der Waals surface area contributed by atoms with E-state index in [1.165, 1.54) is 7.05 Å². The molecule has 0 radical (unpaired) electrons. The van der Waals surface area contributed by atoms with Gasteiger partial charge in [0.05, 0.1) is 34.4 Å². The number of nitrogens with zero attached hydrogens (tertiary/aromatic N) is 3. The third-order valence-corrected chi connectivity index (χ3v) is 4.65. The molecular formula is C22H29N5O3. The van der Waals surface area contributed by atoms with Crippen LogP contribution in [0.5, 0.6) is 0 Å². The largest absolute Gasteiger partial charge is 0.386 e. The number of nitrogens with one attached hydrogen (secondary N) is 2. The van der Waals surface area contributed by atoms with Crippen LogP contribution < -0.4 is 20.6 Å². The quantitative estimate of drug-likeness (QED) is 0.406. The van der Waals surface area contributed by atoms with Crippen molar-refractivity contribution in [1.29, 1.82) is 5.26 Å². The Hall–Kier alpha value is -3.28. The van der Waals surface area contributed by atoms with E-state index < -0.39 is 0 Å². The number of nitriles is 1. The first-order valence-corrected chi connectivity index (χ1v) is 9.80. The van der Waals surface area contributed by atoms with Crippen molar-refractivity contribution < 1.29 is 14.7 Å². The summed E-state index contributed by atoms with van der Waals surface area (Å²) in [5.74, 6) is -0.299. The van der Waals surface area contributed by atoms with E-state index in [2.05, 4.69) is 10.6 Å². The molecule has 0 aromatic heterocycles. The number of anilines is 4. The second-order valence-corrected chi connectivity index (χ2v) is 6.78. The minimum atomic E-state index is -0.299. The molecule has 1 amide bonds. The maximum Gasteiger partial charge on any atom is 0.255 e. The summed E-state index contributed by atoms with van der Waals surface area (Å²) >= 11 is 0. The Morgan fingerprint density at radius 1 is 1.17 bits per heavy atom. The van der Waals surface area contributed by atoms with Gasteiger partial charge in [0.25, 0.3) is 5.91 Å². The van der Waals surface area contributed by atoms with Crippen molar-refractivity contribution >= 4 is 28.7 Å². The van der Waals surface area contributed by atoms with Crippen molar-refractivity contribution in [1.82, 2.24) is 0 Å². The van der Waals surface area contributed by atoms with Gasteiger partial charge in [0, 0.05) is 46.5 Å². The molecule has 2 aromatic rings. The molecule has 0 aliphatic rings. The van der Waals surface area contributed by atoms with Crippen LogP contribution >= 0.6 is 0 Å². The van der Waals surface area contributed by atoms with Crippen molar-refractivity contribution in [3.05, 3.63) is 47.5 Å². The Morgan fingerprint density at radius 3 is 2.40 bits per heavy atom. The van der Waals surface area contributed by atoms with Gasteiger partial charge < -0.3 is 20.3 Å². The molecule has 8 heteroatoms. The van der Waals surface area contributed by atoms with Crippen LogP contribution in [0.15, 0.2) is 36.4 Å². The molecule has 0 spiro atoms. The molecule has 8 nitrogen and oxygen atoms in total. The predicted octanol–water partition coefficient (Wildman–Crippen LogP) is 3.54. The smallest absolute Gasteiger partial charge is 0.255 e. The number of hydroxylamine groups is 1. The second-order valence-electron chi connectivity index (χ2n) is 6.78. The highest BCUT2D eigenvalue weighted by Gasteiger charge is 2.17. The molecule has 160 valence electrons. The molecule has 0 saturated carbocycles. The fourth-order valence-corrected chi connectivity index (χ4v) is 3.02. The van der Waals surface area contributed by atoms with Gasteiger partial charge in [-0.3, -0.25) is 15.1 Å². The first-order chi connectivity index (χ1) is 14.4. The first-order valence-electron chi connectivity index (χ1n) is 9.80. The predicted molar refractivity (Wildman–Crippen MR) is 120 cm³/mol. The molecular weight excluding hydrogens is 382 g/mol. The molecule has 0 atom stereocenters. The number of ether oxygens (including phenoxy) is 1. The monoisotopic (exact) mass is 411 g/mol. The fourth-order valence-electron chi connectivity index (χ4n) is 3.02. The van der Waals surface area contributed by atoms with Crippen LogP contribution in [0.25, 0.3) is 0 Å². The van der Waals surface area contributed by atoms with Crippen LogP contribution in [0, 0.1) is 11.3 Å². The normalized spacial score (nSPS) is 10.3.